The van der Waals surface area contributed by atoms with Gasteiger partial charge in [0.1, 0.15) is 12.3 Å². The summed E-state index contributed by atoms with van der Waals surface area (Å²) >= 11 is 0. The molecule has 1 amide bonds. The number of rotatable bonds is 11. The third-order valence-electron chi connectivity index (χ3n) is 6.73. The molecule has 4 aromatic carbocycles. The molecule has 0 fully saturated rings. The van der Waals surface area contributed by atoms with Gasteiger partial charge >= 0.3 is 0 Å². The molecule has 0 aliphatic carbocycles. The molecule has 0 aliphatic heterocycles. The van der Waals surface area contributed by atoms with Crippen molar-refractivity contribution in [3.8, 4) is 17.0 Å². The van der Waals surface area contributed by atoms with Crippen molar-refractivity contribution in [1.82, 2.24) is 15.6 Å². The standard InChI is InChI=1S/C34H33N3O2.ClH/c1-2-29(26-16-8-4-9-17-26)37-34(38)31-28-20-12-13-21-30(28)36-32(27-18-10-5-11-19-27)33(31)39-23-22-35-24-25-14-6-3-7-15-25;/h3-21,29,35H,2,22-24H2,1H3,(H,37,38);1H/t29-;/m0./s1. The largest absolute Gasteiger partial charge is 0.489 e. The van der Waals surface area contributed by atoms with Gasteiger partial charge in [0.25, 0.3) is 5.91 Å². The Bertz CT molecular complexity index is 1510. The van der Waals surface area contributed by atoms with Crippen LogP contribution in [0.4, 0.5) is 0 Å². The predicted molar refractivity (Wildman–Crippen MR) is 165 cm³/mol. The monoisotopic (exact) mass is 551 g/mol. The quantitative estimate of drug-likeness (QED) is 0.168. The van der Waals surface area contributed by atoms with E-state index in [1.807, 2.05) is 103 Å². The van der Waals surface area contributed by atoms with Gasteiger partial charge in [-0.3, -0.25) is 4.79 Å². The number of nitrogens with zero attached hydrogens (tertiary/aromatic N) is 1. The van der Waals surface area contributed by atoms with Crippen LogP contribution in [-0.2, 0) is 6.54 Å². The lowest BCUT2D eigenvalue weighted by molar-refractivity contribution is 0.0933. The number of aromatic nitrogens is 1. The molecule has 0 bridgehead atoms. The molecule has 5 nitrogen and oxygen atoms in total. The zero-order valence-corrected chi connectivity index (χ0v) is 23.4. The smallest absolute Gasteiger partial charge is 0.256 e. The molecule has 1 heterocycles. The normalized spacial score (nSPS) is 11.4. The Morgan fingerprint density at radius 1 is 0.825 bits per heavy atom. The molecule has 5 rings (SSSR count). The lowest BCUT2D eigenvalue weighted by Gasteiger charge is -2.21. The summed E-state index contributed by atoms with van der Waals surface area (Å²) in [6, 6.07) is 37.9. The zero-order chi connectivity index (χ0) is 26.9. The summed E-state index contributed by atoms with van der Waals surface area (Å²) in [6.45, 7) is 3.84. The van der Waals surface area contributed by atoms with Gasteiger partial charge in [-0.2, -0.15) is 0 Å². The average Bonchev–Trinajstić information content (AvgIpc) is 3.00. The molecule has 0 spiro atoms. The molecular weight excluding hydrogens is 518 g/mol. The summed E-state index contributed by atoms with van der Waals surface area (Å²) < 4.78 is 6.42. The highest BCUT2D eigenvalue weighted by molar-refractivity contribution is 6.10. The van der Waals surface area contributed by atoms with E-state index in [2.05, 4.69) is 29.7 Å². The molecule has 5 aromatic rings. The van der Waals surface area contributed by atoms with Gasteiger partial charge in [-0.1, -0.05) is 116 Å². The fourth-order valence-corrected chi connectivity index (χ4v) is 4.74. The number of ether oxygens (including phenoxy) is 1. The number of carbonyl (C=O) groups excluding carboxylic acids is 1. The SMILES string of the molecule is CC[C@H](NC(=O)c1c(OCCNCc2ccccc2)c(-c2ccccc2)nc2ccccc12)c1ccccc1.Cl. The minimum absolute atomic E-state index is 0. The van der Waals surface area contributed by atoms with Crippen LogP contribution in [0.25, 0.3) is 22.2 Å². The van der Waals surface area contributed by atoms with Crippen LogP contribution in [-0.4, -0.2) is 24.0 Å². The fourth-order valence-electron chi connectivity index (χ4n) is 4.74. The summed E-state index contributed by atoms with van der Waals surface area (Å²) in [4.78, 5) is 19.0. The number of benzene rings is 4. The minimum Gasteiger partial charge on any atom is -0.489 e. The number of fused-ring (bicyclic) bond motifs is 1. The van der Waals surface area contributed by atoms with Crippen molar-refractivity contribution in [3.05, 3.63) is 132 Å². The predicted octanol–water partition coefficient (Wildman–Crippen LogP) is 7.37. The Labute approximate surface area is 242 Å². The highest BCUT2D eigenvalue weighted by atomic mass is 35.5. The second-order valence-electron chi connectivity index (χ2n) is 9.40. The van der Waals surface area contributed by atoms with E-state index >= 15 is 0 Å². The summed E-state index contributed by atoms with van der Waals surface area (Å²) in [5, 5.41) is 7.47. The van der Waals surface area contributed by atoms with Crippen molar-refractivity contribution in [2.45, 2.75) is 25.9 Å². The van der Waals surface area contributed by atoms with Gasteiger partial charge < -0.3 is 15.4 Å². The van der Waals surface area contributed by atoms with Gasteiger partial charge in [-0.25, -0.2) is 4.98 Å². The number of amides is 1. The van der Waals surface area contributed by atoms with Gasteiger partial charge in [0.05, 0.1) is 17.1 Å². The molecule has 0 aliphatic rings. The van der Waals surface area contributed by atoms with Crippen LogP contribution in [0, 0.1) is 0 Å². The third kappa shape index (κ3) is 6.87. The van der Waals surface area contributed by atoms with Crippen LogP contribution in [0.1, 0.15) is 40.9 Å². The summed E-state index contributed by atoms with van der Waals surface area (Å²) in [5.74, 6) is 0.329. The van der Waals surface area contributed by atoms with Crippen LogP contribution in [0.2, 0.25) is 0 Å². The van der Waals surface area contributed by atoms with Crippen molar-refractivity contribution >= 4 is 29.2 Å². The molecule has 2 N–H and O–H groups in total. The maximum Gasteiger partial charge on any atom is 0.256 e. The number of hydrogen-bond acceptors (Lipinski definition) is 4. The highest BCUT2D eigenvalue weighted by Crippen LogP contribution is 2.37. The summed E-state index contributed by atoms with van der Waals surface area (Å²) in [6.07, 6.45) is 0.768. The first-order valence-corrected chi connectivity index (χ1v) is 13.5. The molecule has 40 heavy (non-hydrogen) atoms. The number of halogens is 1. The Kier molecular flexibility index (Phi) is 10.3. The number of pyridine rings is 1. The van der Waals surface area contributed by atoms with E-state index in [0.717, 1.165) is 35.0 Å². The molecular formula is C34H34ClN3O2. The summed E-state index contributed by atoms with van der Waals surface area (Å²) in [5.41, 5.74) is 5.11. The van der Waals surface area contributed by atoms with Gasteiger partial charge in [0, 0.05) is 24.0 Å². The van der Waals surface area contributed by atoms with E-state index in [1.165, 1.54) is 5.56 Å². The van der Waals surface area contributed by atoms with Gasteiger partial charge in [-0.05, 0) is 23.6 Å². The maximum absolute atomic E-state index is 14.0. The minimum atomic E-state index is -0.172. The lowest BCUT2D eigenvalue weighted by Crippen LogP contribution is -2.29. The van der Waals surface area contributed by atoms with Crippen LogP contribution in [0.5, 0.6) is 5.75 Å². The molecule has 204 valence electrons. The Morgan fingerprint density at radius 2 is 1.45 bits per heavy atom. The average molecular weight is 552 g/mol. The van der Waals surface area contributed by atoms with Crippen molar-refractivity contribution < 1.29 is 9.53 Å². The third-order valence-corrected chi connectivity index (χ3v) is 6.73. The van der Waals surface area contributed by atoms with Crippen LogP contribution < -0.4 is 15.4 Å². The number of hydrogen-bond donors (Lipinski definition) is 2. The second kappa shape index (κ2) is 14.3. The Hall–Kier alpha value is -4.19. The van der Waals surface area contributed by atoms with Gasteiger partial charge in [0.15, 0.2) is 5.75 Å². The first-order valence-electron chi connectivity index (χ1n) is 13.5. The zero-order valence-electron chi connectivity index (χ0n) is 22.5. The van der Waals surface area contributed by atoms with Crippen LogP contribution >= 0.6 is 12.4 Å². The Morgan fingerprint density at radius 3 is 2.15 bits per heavy atom. The summed E-state index contributed by atoms with van der Waals surface area (Å²) in [7, 11) is 0. The van der Waals surface area contributed by atoms with Crippen LogP contribution in [0.15, 0.2) is 115 Å². The molecule has 0 saturated carbocycles. The van der Waals surface area contributed by atoms with E-state index in [4.69, 9.17) is 9.72 Å². The molecule has 1 aromatic heterocycles. The van der Waals surface area contributed by atoms with Crippen molar-refractivity contribution in [2.75, 3.05) is 13.2 Å². The van der Waals surface area contributed by atoms with Crippen molar-refractivity contribution in [2.24, 2.45) is 0 Å². The maximum atomic E-state index is 14.0. The fraction of sp³-hybridized carbons (Fsp3) is 0.176. The van der Waals surface area contributed by atoms with Crippen molar-refractivity contribution in [1.29, 1.82) is 0 Å². The molecule has 0 radical (unpaired) electrons. The van der Waals surface area contributed by atoms with Gasteiger partial charge in [-0.15, -0.1) is 12.4 Å². The lowest BCUT2D eigenvalue weighted by atomic mass is 10.00. The number of carbonyl (C=O) groups is 1. The van der Waals surface area contributed by atoms with E-state index in [-0.39, 0.29) is 24.4 Å². The van der Waals surface area contributed by atoms with E-state index in [0.29, 0.717) is 30.2 Å². The topological polar surface area (TPSA) is 63.2 Å². The first kappa shape index (κ1) is 28.8. The number of nitrogens with one attached hydrogen (secondary N) is 2. The number of para-hydroxylation sites is 1. The Balaban J connectivity index is 0.00000370. The molecule has 1 atom stereocenters. The highest BCUT2D eigenvalue weighted by Gasteiger charge is 2.25. The molecule has 6 heteroatoms. The molecule has 0 saturated heterocycles. The second-order valence-corrected chi connectivity index (χ2v) is 9.40. The van der Waals surface area contributed by atoms with Crippen molar-refractivity contribution in [3.63, 3.8) is 0 Å². The van der Waals surface area contributed by atoms with Crippen LogP contribution in [0.3, 0.4) is 0 Å². The van der Waals surface area contributed by atoms with E-state index in [9.17, 15) is 4.79 Å². The molecule has 0 unspecified atom stereocenters. The van der Waals surface area contributed by atoms with Gasteiger partial charge in [0.2, 0.25) is 0 Å². The first-order chi connectivity index (χ1) is 19.2. The van der Waals surface area contributed by atoms with E-state index < -0.39 is 0 Å². The van der Waals surface area contributed by atoms with E-state index in [1.54, 1.807) is 0 Å².